The number of para-hydroxylation sites is 1. The number of aryl methyl sites for hydroxylation is 2. The van der Waals surface area contributed by atoms with Crippen LogP contribution in [0.15, 0.2) is 108 Å². The molecule has 0 aliphatic heterocycles. The second kappa shape index (κ2) is 13.9. The van der Waals surface area contributed by atoms with E-state index in [-0.39, 0.29) is 23.5 Å². The van der Waals surface area contributed by atoms with Crippen LogP contribution in [0.3, 0.4) is 0 Å². The highest BCUT2D eigenvalue weighted by Gasteiger charge is 2.33. The van der Waals surface area contributed by atoms with E-state index in [1.807, 2.05) is 44.2 Å². The average Bonchev–Trinajstić information content (AvgIpc) is 3.45. The summed E-state index contributed by atoms with van der Waals surface area (Å²) < 4.78 is 28.4. The predicted octanol–water partition coefficient (Wildman–Crippen LogP) is 4.41. The van der Waals surface area contributed by atoms with Crippen LogP contribution in [0.1, 0.15) is 32.6 Å². The quantitative estimate of drug-likeness (QED) is 0.166. The maximum absolute atomic E-state index is 14.2. The molecule has 1 aromatic heterocycles. The molecule has 47 heavy (non-hydrogen) atoms. The van der Waals surface area contributed by atoms with Gasteiger partial charge in [0.25, 0.3) is 21.8 Å². The molecule has 0 aliphatic rings. The molecule has 2 atom stereocenters. The van der Waals surface area contributed by atoms with Gasteiger partial charge in [0.2, 0.25) is 5.91 Å². The normalized spacial score (nSPS) is 12.7. The van der Waals surface area contributed by atoms with Crippen molar-refractivity contribution in [2.45, 2.75) is 43.7 Å². The lowest BCUT2D eigenvalue weighted by Crippen LogP contribution is -2.56. The van der Waals surface area contributed by atoms with Gasteiger partial charge < -0.3 is 20.3 Å². The number of aromatic nitrogens is 1. The van der Waals surface area contributed by atoms with Crippen molar-refractivity contribution < 1.29 is 27.9 Å². The van der Waals surface area contributed by atoms with Gasteiger partial charge in [-0.25, -0.2) is 13.1 Å². The van der Waals surface area contributed by atoms with Crippen LogP contribution in [0.5, 0.6) is 5.75 Å². The molecule has 1 heterocycles. The zero-order valence-corrected chi connectivity index (χ0v) is 27.0. The highest BCUT2D eigenvalue weighted by Crippen LogP contribution is 2.21. The number of hydrogen-bond acceptors (Lipinski definition) is 6. The largest absolute Gasteiger partial charge is 0.508 e. The number of aromatic amines is 1. The Morgan fingerprint density at radius 2 is 1.47 bits per heavy atom. The van der Waals surface area contributed by atoms with Crippen LogP contribution in [0.4, 0.5) is 0 Å². The number of phenols is 1. The number of benzene rings is 4. The Kier molecular flexibility index (Phi) is 9.76. The molecule has 4 N–H and O–H groups in total. The number of amides is 3. The van der Waals surface area contributed by atoms with E-state index in [4.69, 9.17) is 0 Å². The first-order valence-corrected chi connectivity index (χ1v) is 16.5. The summed E-state index contributed by atoms with van der Waals surface area (Å²) in [5.74, 6) is -1.95. The zero-order valence-electron chi connectivity index (χ0n) is 26.2. The van der Waals surface area contributed by atoms with Crippen LogP contribution in [0, 0.1) is 13.8 Å². The van der Waals surface area contributed by atoms with Crippen molar-refractivity contribution >= 4 is 38.6 Å². The van der Waals surface area contributed by atoms with Crippen molar-refractivity contribution in [1.29, 1.82) is 0 Å². The van der Waals surface area contributed by atoms with Gasteiger partial charge in [-0.05, 0) is 67.4 Å². The Labute approximate surface area is 273 Å². The first-order chi connectivity index (χ1) is 22.4. The smallest absolute Gasteiger partial charge is 0.264 e. The van der Waals surface area contributed by atoms with Crippen LogP contribution in [-0.4, -0.2) is 60.3 Å². The van der Waals surface area contributed by atoms with Crippen molar-refractivity contribution in [3.8, 4) is 5.75 Å². The number of rotatable bonds is 11. The molecule has 0 bridgehead atoms. The van der Waals surface area contributed by atoms with Gasteiger partial charge >= 0.3 is 0 Å². The molecule has 10 nitrogen and oxygen atoms in total. The number of nitrogens with zero attached hydrogens (tertiary/aromatic N) is 1. The van der Waals surface area contributed by atoms with Crippen LogP contribution in [0.25, 0.3) is 10.9 Å². The number of H-pyrrole nitrogens is 1. The van der Waals surface area contributed by atoms with Crippen LogP contribution in [0.2, 0.25) is 0 Å². The first-order valence-electron chi connectivity index (χ1n) is 15.0. The van der Waals surface area contributed by atoms with E-state index >= 15 is 0 Å². The minimum absolute atomic E-state index is 0.0352. The molecule has 0 saturated carbocycles. The Morgan fingerprint density at radius 1 is 0.830 bits per heavy atom. The number of fused-ring (bicyclic) bond motifs is 1. The molecule has 5 rings (SSSR count). The van der Waals surface area contributed by atoms with E-state index in [1.165, 1.54) is 36.2 Å². The maximum atomic E-state index is 14.2. The molecule has 0 unspecified atom stereocenters. The Bertz CT molecular complexity index is 2000. The van der Waals surface area contributed by atoms with Gasteiger partial charge in [0.05, 0.1) is 4.90 Å². The first kappa shape index (κ1) is 33.0. The summed E-state index contributed by atoms with van der Waals surface area (Å²) in [6.45, 7) is 3.75. The third-order valence-corrected chi connectivity index (χ3v) is 9.31. The minimum atomic E-state index is -4.26. The summed E-state index contributed by atoms with van der Waals surface area (Å²) in [6, 6.07) is 24.2. The van der Waals surface area contributed by atoms with E-state index in [1.54, 1.807) is 48.7 Å². The Hall–Kier alpha value is -5.42. The lowest BCUT2D eigenvalue weighted by atomic mass is 10.00. The fourth-order valence-corrected chi connectivity index (χ4v) is 6.60. The molecule has 5 aromatic rings. The summed E-state index contributed by atoms with van der Waals surface area (Å²) in [5.41, 5.74) is 4.33. The average molecular weight is 653 g/mol. The molecule has 11 heteroatoms. The second-order valence-electron chi connectivity index (χ2n) is 11.6. The summed E-state index contributed by atoms with van der Waals surface area (Å²) >= 11 is 0. The van der Waals surface area contributed by atoms with Gasteiger partial charge in [-0.1, -0.05) is 65.7 Å². The van der Waals surface area contributed by atoms with Crippen molar-refractivity contribution in [3.05, 3.63) is 131 Å². The molecule has 0 aliphatic carbocycles. The van der Waals surface area contributed by atoms with Crippen LogP contribution >= 0.6 is 0 Å². The fraction of sp³-hybridized carbons (Fsp3) is 0.194. The molecule has 0 radical (unpaired) electrons. The number of aromatic hydroxyl groups is 1. The maximum Gasteiger partial charge on any atom is 0.264 e. The molecule has 242 valence electrons. The molecular formula is C36H36N4O6S. The van der Waals surface area contributed by atoms with E-state index in [9.17, 15) is 27.9 Å². The summed E-state index contributed by atoms with van der Waals surface area (Å²) in [4.78, 5) is 46.0. The minimum Gasteiger partial charge on any atom is -0.508 e. The number of nitrogens with one attached hydrogen (secondary N) is 3. The highest BCUT2D eigenvalue weighted by molar-refractivity contribution is 7.90. The Balaban J connectivity index is 1.48. The molecule has 0 spiro atoms. The molecule has 0 saturated heterocycles. The van der Waals surface area contributed by atoms with Gasteiger partial charge in [0, 0.05) is 42.6 Å². The lowest BCUT2D eigenvalue weighted by Gasteiger charge is -2.29. The molecule has 0 fully saturated rings. The highest BCUT2D eigenvalue weighted by atomic mass is 32.2. The SMILES string of the molecule is Cc1cc(C)cc(C(=O)N(C)[C@H](Cc2ccc(O)cc2)C(=O)N[C@@H](Cc2c[nH]c3ccccc23)C(=O)NS(=O)(=O)c2ccccc2)c1. The lowest BCUT2D eigenvalue weighted by molar-refractivity contribution is -0.130. The van der Waals surface area contributed by atoms with Crippen LogP contribution in [-0.2, 0) is 32.5 Å². The predicted molar refractivity (Wildman–Crippen MR) is 179 cm³/mol. The molecule has 4 aromatic carbocycles. The van der Waals surface area contributed by atoms with E-state index < -0.39 is 39.8 Å². The van der Waals surface area contributed by atoms with Gasteiger partial charge in [0.1, 0.15) is 17.8 Å². The molecule has 3 amide bonds. The monoisotopic (exact) mass is 652 g/mol. The summed E-state index contributed by atoms with van der Waals surface area (Å²) in [6.07, 6.45) is 1.74. The van der Waals surface area contributed by atoms with Crippen LogP contribution < -0.4 is 10.0 Å². The van der Waals surface area contributed by atoms with Crippen molar-refractivity contribution in [2.24, 2.45) is 0 Å². The van der Waals surface area contributed by atoms with E-state index in [0.29, 0.717) is 16.7 Å². The van der Waals surface area contributed by atoms with Gasteiger partial charge in [-0.2, -0.15) is 0 Å². The van der Waals surface area contributed by atoms with E-state index in [2.05, 4.69) is 15.0 Å². The zero-order chi connectivity index (χ0) is 33.7. The number of phenolic OH excluding ortho intramolecular Hbond substituents is 1. The number of carbonyl (C=O) groups excluding carboxylic acids is 3. The van der Waals surface area contributed by atoms with Crippen molar-refractivity contribution in [2.75, 3.05) is 7.05 Å². The third kappa shape index (κ3) is 7.87. The fourth-order valence-electron chi connectivity index (χ4n) is 5.56. The number of sulfonamides is 1. The molecular weight excluding hydrogens is 616 g/mol. The number of carbonyl (C=O) groups is 3. The standard InChI is InChI=1S/C36H36N4O6S/c1-23-17-24(2)19-26(18-23)36(44)40(3)33(20-25-13-15-28(41)16-14-25)35(43)38-32(21-27-22-37-31-12-8-7-11-30(27)31)34(42)39-47(45,46)29-9-5-4-6-10-29/h4-19,22,32-33,37,41H,20-21H2,1-3H3,(H,38,43)(H,39,42)/t32-,33+/m0/s1. The van der Waals surface area contributed by atoms with Gasteiger partial charge in [-0.3, -0.25) is 14.4 Å². The van der Waals surface area contributed by atoms with Gasteiger partial charge in [-0.15, -0.1) is 0 Å². The van der Waals surface area contributed by atoms with Gasteiger partial charge in [0.15, 0.2) is 0 Å². The number of hydrogen-bond donors (Lipinski definition) is 4. The Morgan fingerprint density at radius 3 is 2.15 bits per heavy atom. The van der Waals surface area contributed by atoms with E-state index in [0.717, 1.165) is 22.0 Å². The third-order valence-electron chi connectivity index (χ3n) is 7.94. The van der Waals surface area contributed by atoms with Crippen molar-refractivity contribution in [1.82, 2.24) is 19.9 Å². The summed E-state index contributed by atoms with van der Waals surface area (Å²) in [5, 5.41) is 13.4. The topological polar surface area (TPSA) is 149 Å². The summed E-state index contributed by atoms with van der Waals surface area (Å²) in [7, 11) is -2.74. The second-order valence-corrected chi connectivity index (χ2v) is 13.3. The van der Waals surface area contributed by atoms with Crippen molar-refractivity contribution in [3.63, 3.8) is 0 Å². The number of likely N-dealkylation sites (N-methyl/N-ethyl adjacent to an activating group) is 1.